The Morgan fingerprint density at radius 3 is 2.56 bits per heavy atom. The fourth-order valence-corrected chi connectivity index (χ4v) is 2.83. The van der Waals surface area contributed by atoms with Gasteiger partial charge in [0.25, 0.3) is 0 Å². The van der Waals surface area contributed by atoms with E-state index < -0.39 is 0 Å². The Hall–Kier alpha value is -0.0800. The van der Waals surface area contributed by atoms with E-state index in [1.165, 1.54) is 51.7 Å². The van der Waals surface area contributed by atoms with Crippen LogP contribution in [0.2, 0.25) is 0 Å². The first-order valence-corrected chi connectivity index (χ1v) is 8.04. The Kier molecular flexibility index (Phi) is 7.92. The zero-order chi connectivity index (χ0) is 13.4. The molecule has 1 rings (SSSR count). The molecule has 0 radical (unpaired) electrons. The van der Waals surface area contributed by atoms with Crippen molar-refractivity contribution in [2.24, 2.45) is 11.8 Å². The van der Waals surface area contributed by atoms with Crippen LogP contribution in [0.25, 0.3) is 0 Å². The molecule has 1 fully saturated rings. The normalized spacial score (nSPS) is 22.0. The van der Waals surface area contributed by atoms with Gasteiger partial charge in [0.2, 0.25) is 0 Å². The molecule has 1 aliphatic heterocycles. The number of piperidine rings is 1. The van der Waals surface area contributed by atoms with Gasteiger partial charge in [0.05, 0.1) is 0 Å². The van der Waals surface area contributed by atoms with Gasteiger partial charge in [0.1, 0.15) is 0 Å². The third-order valence-electron chi connectivity index (χ3n) is 3.91. The topological polar surface area (TPSA) is 15.3 Å². The van der Waals surface area contributed by atoms with Crippen LogP contribution in [0.3, 0.4) is 0 Å². The summed E-state index contributed by atoms with van der Waals surface area (Å²) >= 11 is 0. The molecule has 0 spiro atoms. The Morgan fingerprint density at radius 2 is 1.89 bits per heavy atom. The van der Waals surface area contributed by atoms with Crippen molar-refractivity contribution < 1.29 is 0 Å². The van der Waals surface area contributed by atoms with Crippen molar-refractivity contribution in [1.29, 1.82) is 0 Å². The highest BCUT2D eigenvalue weighted by atomic mass is 15.2. The van der Waals surface area contributed by atoms with Crippen molar-refractivity contribution >= 4 is 0 Å². The molecular formula is C16H34N2. The molecule has 0 aromatic carbocycles. The first-order valence-electron chi connectivity index (χ1n) is 8.04. The summed E-state index contributed by atoms with van der Waals surface area (Å²) in [6.07, 6.45) is 6.98. The van der Waals surface area contributed by atoms with E-state index in [1.807, 2.05) is 0 Å². The zero-order valence-corrected chi connectivity index (χ0v) is 13.0. The van der Waals surface area contributed by atoms with E-state index in [0.717, 1.165) is 24.4 Å². The van der Waals surface area contributed by atoms with Gasteiger partial charge in [-0.15, -0.1) is 0 Å². The van der Waals surface area contributed by atoms with Crippen LogP contribution >= 0.6 is 0 Å². The molecule has 108 valence electrons. The first kappa shape index (κ1) is 16.0. The van der Waals surface area contributed by atoms with Crippen LogP contribution in [0.5, 0.6) is 0 Å². The molecule has 0 saturated carbocycles. The second kappa shape index (κ2) is 8.92. The van der Waals surface area contributed by atoms with Crippen LogP contribution < -0.4 is 5.32 Å². The SMILES string of the molecule is CC(C)CCCN1CCCCC1CNCC(C)C. The molecule has 18 heavy (non-hydrogen) atoms. The molecule has 2 heteroatoms. The molecule has 1 heterocycles. The number of rotatable bonds is 8. The van der Waals surface area contributed by atoms with Crippen LogP contribution in [0, 0.1) is 11.8 Å². The highest BCUT2D eigenvalue weighted by Gasteiger charge is 2.21. The average molecular weight is 254 g/mol. The second-order valence-corrected chi connectivity index (χ2v) is 6.77. The summed E-state index contributed by atoms with van der Waals surface area (Å²) in [5.74, 6) is 1.62. The Labute approximate surface area is 115 Å². The van der Waals surface area contributed by atoms with Crippen molar-refractivity contribution in [1.82, 2.24) is 10.2 Å². The van der Waals surface area contributed by atoms with Gasteiger partial charge in [-0.1, -0.05) is 34.1 Å². The molecule has 0 bridgehead atoms. The van der Waals surface area contributed by atoms with Gasteiger partial charge in [0.15, 0.2) is 0 Å². The molecule has 1 atom stereocenters. The maximum absolute atomic E-state index is 3.64. The Morgan fingerprint density at radius 1 is 1.11 bits per heavy atom. The monoisotopic (exact) mass is 254 g/mol. The number of hydrogen-bond acceptors (Lipinski definition) is 2. The summed E-state index contributed by atoms with van der Waals surface area (Å²) in [5.41, 5.74) is 0. The highest BCUT2D eigenvalue weighted by Crippen LogP contribution is 2.17. The van der Waals surface area contributed by atoms with E-state index in [1.54, 1.807) is 0 Å². The third-order valence-corrected chi connectivity index (χ3v) is 3.91. The molecular weight excluding hydrogens is 220 g/mol. The number of nitrogens with one attached hydrogen (secondary N) is 1. The number of nitrogens with zero attached hydrogens (tertiary/aromatic N) is 1. The van der Waals surface area contributed by atoms with Crippen molar-refractivity contribution in [3.8, 4) is 0 Å². The van der Waals surface area contributed by atoms with E-state index >= 15 is 0 Å². The smallest absolute Gasteiger partial charge is 0.0220 e. The first-order chi connectivity index (χ1) is 8.59. The minimum Gasteiger partial charge on any atom is -0.315 e. The van der Waals surface area contributed by atoms with Crippen LogP contribution in [0.4, 0.5) is 0 Å². The molecule has 0 aliphatic carbocycles. The minimum absolute atomic E-state index is 0.767. The summed E-state index contributed by atoms with van der Waals surface area (Å²) in [5, 5.41) is 3.64. The van der Waals surface area contributed by atoms with E-state index in [0.29, 0.717) is 0 Å². The van der Waals surface area contributed by atoms with Gasteiger partial charge >= 0.3 is 0 Å². The van der Waals surface area contributed by atoms with Gasteiger partial charge in [-0.3, -0.25) is 4.90 Å². The van der Waals surface area contributed by atoms with Crippen molar-refractivity contribution in [2.45, 2.75) is 65.8 Å². The molecule has 1 aliphatic rings. The Balaban J connectivity index is 2.23. The van der Waals surface area contributed by atoms with E-state index in [9.17, 15) is 0 Å². The van der Waals surface area contributed by atoms with Crippen molar-refractivity contribution in [2.75, 3.05) is 26.2 Å². The number of likely N-dealkylation sites (tertiary alicyclic amines) is 1. The summed E-state index contributed by atoms with van der Waals surface area (Å²) in [7, 11) is 0. The van der Waals surface area contributed by atoms with Gasteiger partial charge in [-0.2, -0.15) is 0 Å². The highest BCUT2D eigenvalue weighted by molar-refractivity contribution is 4.79. The summed E-state index contributed by atoms with van der Waals surface area (Å²) < 4.78 is 0. The predicted octanol–water partition coefficient (Wildman–Crippen LogP) is 3.52. The fraction of sp³-hybridized carbons (Fsp3) is 1.00. The van der Waals surface area contributed by atoms with Crippen LogP contribution in [0.1, 0.15) is 59.8 Å². The van der Waals surface area contributed by atoms with Gasteiger partial charge in [-0.05, 0) is 57.2 Å². The molecule has 0 aromatic rings. The standard InChI is InChI=1S/C16H34N2/c1-14(2)8-7-11-18-10-6-5-9-16(18)13-17-12-15(3)4/h14-17H,5-13H2,1-4H3. The van der Waals surface area contributed by atoms with E-state index in [-0.39, 0.29) is 0 Å². The third kappa shape index (κ3) is 6.75. The summed E-state index contributed by atoms with van der Waals surface area (Å²) in [4.78, 5) is 2.74. The van der Waals surface area contributed by atoms with Crippen LogP contribution in [-0.2, 0) is 0 Å². The fourth-order valence-electron chi connectivity index (χ4n) is 2.83. The van der Waals surface area contributed by atoms with Gasteiger partial charge < -0.3 is 5.32 Å². The maximum atomic E-state index is 3.64. The van der Waals surface area contributed by atoms with E-state index in [4.69, 9.17) is 0 Å². The van der Waals surface area contributed by atoms with Crippen molar-refractivity contribution in [3.63, 3.8) is 0 Å². The minimum atomic E-state index is 0.767. The zero-order valence-electron chi connectivity index (χ0n) is 13.0. The predicted molar refractivity (Wildman–Crippen MR) is 81.0 cm³/mol. The van der Waals surface area contributed by atoms with Crippen molar-refractivity contribution in [3.05, 3.63) is 0 Å². The average Bonchev–Trinajstić information content (AvgIpc) is 2.30. The lowest BCUT2D eigenvalue weighted by Crippen LogP contribution is -2.46. The summed E-state index contributed by atoms with van der Waals surface area (Å²) in [6.45, 7) is 14.2. The lowest BCUT2D eigenvalue weighted by Gasteiger charge is -2.36. The maximum Gasteiger partial charge on any atom is 0.0220 e. The summed E-state index contributed by atoms with van der Waals surface area (Å²) in [6, 6.07) is 0.796. The molecule has 1 N–H and O–H groups in total. The van der Waals surface area contributed by atoms with Gasteiger partial charge in [-0.25, -0.2) is 0 Å². The van der Waals surface area contributed by atoms with Crippen LogP contribution in [-0.4, -0.2) is 37.1 Å². The van der Waals surface area contributed by atoms with Gasteiger partial charge in [0, 0.05) is 12.6 Å². The lowest BCUT2D eigenvalue weighted by atomic mass is 10.0. The molecule has 2 nitrogen and oxygen atoms in total. The van der Waals surface area contributed by atoms with E-state index in [2.05, 4.69) is 37.9 Å². The Bertz CT molecular complexity index is 179. The molecule has 0 aromatic heterocycles. The number of hydrogen-bond donors (Lipinski definition) is 1. The lowest BCUT2D eigenvalue weighted by molar-refractivity contribution is 0.140. The molecule has 0 amide bonds. The molecule has 1 saturated heterocycles. The second-order valence-electron chi connectivity index (χ2n) is 6.77. The van der Waals surface area contributed by atoms with Crippen LogP contribution in [0.15, 0.2) is 0 Å². The quantitative estimate of drug-likeness (QED) is 0.713. The largest absolute Gasteiger partial charge is 0.315 e. The molecule has 1 unspecified atom stereocenters.